The molecule has 1 heterocycles. The van der Waals surface area contributed by atoms with Gasteiger partial charge in [0.1, 0.15) is 5.75 Å². The molecule has 3 aromatic rings. The summed E-state index contributed by atoms with van der Waals surface area (Å²) < 4.78 is 18.1. The number of carbonyl (C=O) groups is 1. The third-order valence-electron chi connectivity index (χ3n) is 4.53. The lowest BCUT2D eigenvalue weighted by Crippen LogP contribution is -2.25. The Morgan fingerprint density at radius 3 is 2.45 bits per heavy atom. The Bertz CT molecular complexity index is 1000. The van der Waals surface area contributed by atoms with Gasteiger partial charge >= 0.3 is 0 Å². The summed E-state index contributed by atoms with van der Waals surface area (Å²) in [5, 5.41) is 3.77. The number of aryl methyl sites for hydroxylation is 1. The van der Waals surface area contributed by atoms with Gasteiger partial charge in [-0.2, -0.15) is 0 Å². The molecule has 3 rings (SSSR count). The van der Waals surface area contributed by atoms with Crippen molar-refractivity contribution in [2.24, 2.45) is 0 Å². The number of thioether (sulfide) groups is 1. The second-order valence-electron chi connectivity index (χ2n) is 6.21. The fourth-order valence-electron chi connectivity index (χ4n) is 3.07. The van der Waals surface area contributed by atoms with Crippen LogP contribution in [0.4, 0.5) is 0 Å². The average Bonchev–Trinajstić information content (AvgIpc) is 3.12. The van der Waals surface area contributed by atoms with Crippen LogP contribution in [-0.4, -0.2) is 42.5 Å². The lowest BCUT2D eigenvalue weighted by Gasteiger charge is -2.14. The van der Waals surface area contributed by atoms with Gasteiger partial charge in [-0.25, -0.2) is 4.98 Å². The zero-order valence-corrected chi connectivity index (χ0v) is 17.8. The Kier molecular flexibility index (Phi) is 6.87. The molecule has 0 unspecified atom stereocenters. The maximum Gasteiger partial charge on any atom is 0.230 e. The maximum absolute atomic E-state index is 12.4. The number of methoxy groups -OCH3 is 3. The van der Waals surface area contributed by atoms with E-state index >= 15 is 0 Å². The maximum atomic E-state index is 12.4. The van der Waals surface area contributed by atoms with Crippen molar-refractivity contribution in [1.29, 1.82) is 0 Å². The molecule has 0 atom stereocenters. The second kappa shape index (κ2) is 9.56. The zero-order chi connectivity index (χ0) is 20.8. The number of hydrogen-bond donors (Lipinski definition) is 1. The topological polar surface area (TPSA) is 74.6 Å². The first-order chi connectivity index (χ1) is 14.1. The number of benzene rings is 2. The van der Waals surface area contributed by atoms with Crippen molar-refractivity contribution in [2.45, 2.75) is 25.2 Å². The Morgan fingerprint density at radius 1 is 1.07 bits per heavy atom. The number of hydrogen-bond acceptors (Lipinski definition) is 6. The highest BCUT2D eigenvalue weighted by atomic mass is 32.2. The van der Waals surface area contributed by atoms with E-state index in [1.807, 2.05) is 30.3 Å². The van der Waals surface area contributed by atoms with Crippen LogP contribution in [0.3, 0.4) is 0 Å². The number of nitrogens with zero attached hydrogens (tertiary/aromatic N) is 2. The lowest BCUT2D eigenvalue weighted by molar-refractivity contribution is -0.118. The number of rotatable bonds is 9. The van der Waals surface area contributed by atoms with E-state index in [9.17, 15) is 4.79 Å². The molecule has 0 aliphatic carbocycles. The van der Waals surface area contributed by atoms with Crippen LogP contribution in [0.5, 0.6) is 17.2 Å². The van der Waals surface area contributed by atoms with Gasteiger partial charge in [-0.05, 0) is 25.1 Å². The van der Waals surface area contributed by atoms with E-state index in [0.717, 1.165) is 28.3 Å². The van der Waals surface area contributed by atoms with Gasteiger partial charge in [-0.3, -0.25) is 4.79 Å². The normalized spacial score (nSPS) is 10.8. The summed E-state index contributed by atoms with van der Waals surface area (Å²) in [7, 11) is 4.72. The van der Waals surface area contributed by atoms with E-state index in [2.05, 4.69) is 21.8 Å². The fourth-order valence-corrected chi connectivity index (χ4v) is 3.98. The third-order valence-corrected chi connectivity index (χ3v) is 5.51. The number of nitrogens with one attached hydrogen (secondary N) is 1. The number of imidazole rings is 1. The smallest absolute Gasteiger partial charge is 0.230 e. The summed E-state index contributed by atoms with van der Waals surface area (Å²) in [5.41, 5.74) is 2.82. The number of carbonyl (C=O) groups excluding carboxylic acids is 1. The minimum absolute atomic E-state index is 0.0819. The first kappa shape index (κ1) is 20.9. The van der Waals surface area contributed by atoms with Crippen molar-refractivity contribution in [1.82, 2.24) is 14.9 Å². The van der Waals surface area contributed by atoms with Crippen molar-refractivity contribution in [3.8, 4) is 17.2 Å². The molecule has 29 heavy (non-hydrogen) atoms. The Hall–Kier alpha value is -2.87. The van der Waals surface area contributed by atoms with Crippen LogP contribution in [0.25, 0.3) is 11.0 Å². The van der Waals surface area contributed by atoms with Gasteiger partial charge in [-0.15, -0.1) is 0 Å². The molecule has 7 nitrogen and oxygen atoms in total. The molecule has 0 fully saturated rings. The van der Waals surface area contributed by atoms with E-state index in [4.69, 9.17) is 14.2 Å². The van der Waals surface area contributed by atoms with Crippen molar-refractivity contribution < 1.29 is 19.0 Å². The Labute approximate surface area is 174 Å². The second-order valence-corrected chi connectivity index (χ2v) is 7.15. The molecule has 0 saturated carbocycles. The molecular formula is C21H25N3O4S. The van der Waals surface area contributed by atoms with Crippen LogP contribution < -0.4 is 19.5 Å². The number of ether oxygens (including phenoxy) is 3. The van der Waals surface area contributed by atoms with Crippen LogP contribution in [0, 0.1) is 0 Å². The third kappa shape index (κ3) is 4.59. The first-order valence-corrected chi connectivity index (χ1v) is 10.2. The molecule has 0 spiro atoms. The molecule has 8 heteroatoms. The van der Waals surface area contributed by atoms with Gasteiger partial charge in [0.2, 0.25) is 5.91 Å². The molecule has 0 bridgehead atoms. The van der Waals surface area contributed by atoms with Gasteiger partial charge in [0.15, 0.2) is 16.7 Å². The summed E-state index contributed by atoms with van der Waals surface area (Å²) in [6, 6.07) is 11.5. The van der Waals surface area contributed by atoms with Crippen molar-refractivity contribution in [3.63, 3.8) is 0 Å². The molecule has 0 aliphatic heterocycles. The van der Waals surface area contributed by atoms with Crippen LogP contribution >= 0.6 is 11.8 Å². The first-order valence-electron chi connectivity index (χ1n) is 9.24. The summed E-state index contributed by atoms with van der Waals surface area (Å²) in [6.07, 6.45) is 0. The van der Waals surface area contributed by atoms with Crippen LogP contribution in [-0.2, 0) is 17.9 Å². The SMILES string of the molecule is CCn1c(SCC(=O)NCc2cc(OC)c(OC)cc2OC)nc2ccccc21. The predicted octanol–water partition coefficient (Wildman–Crippen LogP) is 3.49. The molecule has 2 aromatic carbocycles. The van der Waals surface area contributed by atoms with E-state index in [-0.39, 0.29) is 11.7 Å². The zero-order valence-electron chi connectivity index (χ0n) is 17.0. The summed E-state index contributed by atoms with van der Waals surface area (Å²) in [5.74, 6) is 1.99. The highest BCUT2D eigenvalue weighted by Crippen LogP contribution is 2.34. The Morgan fingerprint density at radius 2 is 1.76 bits per heavy atom. The minimum Gasteiger partial charge on any atom is -0.496 e. The molecule has 0 saturated heterocycles. The molecule has 0 aliphatic rings. The van der Waals surface area contributed by atoms with Crippen molar-refractivity contribution in [3.05, 3.63) is 42.0 Å². The largest absolute Gasteiger partial charge is 0.496 e. The van der Waals surface area contributed by atoms with Crippen LogP contribution in [0.1, 0.15) is 12.5 Å². The summed E-state index contributed by atoms with van der Waals surface area (Å²) in [6.45, 7) is 3.20. The standard InChI is InChI=1S/C21H25N3O4S/c1-5-24-16-9-7-6-8-15(16)23-21(24)29-13-20(25)22-12-14-10-18(27-3)19(28-4)11-17(14)26-2/h6-11H,5,12-13H2,1-4H3,(H,22,25). The molecular weight excluding hydrogens is 390 g/mol. The van der Waals surface area contributed by atoms with Gasteiger partial charge in [0, 0.05) is 24.7 Å². The molecule has 1 amide bonds. The number of aromatic nitrogens is 2. The van der Waals surface area contributed by atoms with E-state index in [1.165, 1.54) is 11.8 Å². The Balaban J connectivity index is 1.65. The van der Waals surface area contributed by atoms with Crippen molar-refractivity contribution in [2.75, 3.05) is 27.1 Å². The van der Waals surface area contributed by atoms with Gasteiger partial charge in [0.25, 0.3) is 0 Å². The fraction of sp³-hybridized carbons (Fsp3) is 0.333. The van der Waals surface area contributed by atoms with Gasteiger partial charge in [-0.1, -0.05) is 23.9 Å². The molecule has 154 valence electrons. The number of fused-ring (bicyclic) bond motifs is 1. The monoisotopic (exact) mass is 415 g/mol. The van der Waals surface area contributed by atoms with Crippen molar-refractivity contribution >= 4 is 28.7 Å². The predicted molar refractivity (Wildman–Crippen MR) is 114 cm³/mol. The minimum atomic E-state index is -0.0819. The average molecular weight is 416 g/mol. The van der Waals surface area contributed by atoms with E-state index < -0.39 is 0 Å². The lowest BCUT2D eigenvalue weighted by atomic mass is 10.1. The number of para-hydroxylation sites is 2. The highest BCUT2D eigenvalue weighted by Gasteiger charge is 2.14. The van der Waals surface area contributed by atoms with Crippen LogP contribution in [0.2, 0.25) is 0 Å². The van der Waals surface area contributed by atoms with Gasteiger partial charge in [0.05, 0.1) is 38.1 Å². The molecule has 1 aromatic heterocycles. The van der Waals surface area contributed by atoms with E-state index in [1.54, 1.807) is 27.4 Å². The van der Waals surface area contributed by atoms with Gasteiger partial charge < -0.3 is 24.1 Å². The van der Waals surface area contributed by atoms with Crippen LogP contribution in [0.15, 0.2) is 41.6 Å². The quantitative estimate of drug-likeness (QED) is 0.539. The molecule has 1 N–H and O–H groups in total. The van der Waals surface area contributed by atoms with E-state index in [0.29, 0.717) is 23.8 Å². The molecule has 0 radical (unpaired) electrons. The number of amides is 1. The summed E-state index contributed by atoms with van der Waals surface area (Å²) >= 11 is 1.43. The highest BCUT2D eigenvalue weighted by molar-refractivity contribution is 7.99. The summed E-state index contributed by atoms with van der Waals surface area (Å²) in [4.78, 5) is 17.1.